The molecule has 0 N–H and O–H groups in total. The second-order valence-electron chi connectivity index (χ2n) is 11.4. The van der Waals surface area contributed by atoms with Crippen molar-refractivity contribution in [3.8, 4) is 12.1 Å². The number of hydrogen-bond donors (Lipinski definition) is 0. The van der Waals surface area contributed by atoms with Gasteiger partial charge in [0.2, 0.25) is 0 Å². The molecule has 3 aromatic rings. The van der Waals surface area contributed by atoms with Gasteiger partial charge in [-0.1, -0.05) is 48.5 Å². The first-order valence-electron chi connectivity index (χ1n) is 14.6. The van der Waals surface area contributed by atoms with Gasteiger partial charge in [-0.2, -0.15) is 15.2 Å². The van der Waals surface area contributed by atoms with Gasteiger partial charge in [0.15, 0.2) is 5.83 Å². The van der Waals surface area contributed by atoms with Gasteiger partial charge in [-0.25, -0.2) is 4.39 Å². The molecule has 4 heterocycles. The van der Waals surface area contributed by atoms with Crippen molar-refractivity contribution < 1.29 is 18.7 Å². The van der Waals surface area contributed by atoms with Crippen LogP contribution < -0.4 is 9.64 Å². The summed E-state index contributed by atoms with van der Waals surface area (Å²) in [5.41, 5.74) is 2.67. The summed E-state index contributed by atoms with van der Waals surface area (Å²) in [6, 6.07) is 14.1. The highest BCUT2D eigenvalue weighted by atomic mass is 35.5. The maximum Gasteiger partial charge on any atom is 0.318 e. The Kier molecular flexibility index (Phi) is 8.48. The maximum atomic E-state index is 13.8. The molecule has 0 saturated carbocycles. The number of ether oxygens (including phenoxy) is 2. The van der Waals surface area contributed by atoms with Gasteiger partial charge in [-0.3, -0.25) is 4.79 Å². The zero-order chi connectivity index (χ0) is 30.1. The number of halogens is 2. The van der Waals surface area contributed by atoms with E-state index in [1.807, 2.05) is 41.3 Å². The number of rotatable bonds is 7. The molecule has 9 nitrogen and oxygen atoms in total. The summed E-state index contributed by atoms with van der Waals surface area (Å²) < 4.78 is 26.5. The van der Waals surface area contributed by atoms with Crippen LogP contribution >= 0.6 is 11.6 Å². The summed E-state index contributed by atoms with van der Waals surface area (Å²) in [5, 5.41) is 12.1. The SMILES string of the molecule is C=C(F)C(=O)N1CCN(c2nc(OC[C@H]3CCCN3C)nc3c2CO[C@@H](c2cccc4cccc(Cl)c24)C3)C[C@@H]1CC#N. The molecule has 2 fully saturated rings. The van der Waals surface area contributed by atoms with Crippen molar-refractivity contribution in [2.24, 2.45) is 0 Å². The lowest BCUT2D eigenvalue weighted by molar-refractivity contribution is -0.131. The summed E-state index contributed by atoms with van der Waals surface area (Å²) in [6.07, 6.45) is 2.46. The minimum absolute atomic E-state index is 0.0561. The standard InChI is InChI=1S/C32H34ClFN6O3/c1-20(34)31(41)40-15-14-39(17-22(40)11-12-35)30-25-19-42-28(24-9-3-6-21-7-4-10-26(33)29(21)24)16-27(25)36-32(37-30)43-18-23-8-5-13-38(23)2/h3-4,6-7,9-10,22-23,28H,1,5,8,11,13-19H2,2H3/t22-,23+,28+/m0/s1. The number of anilines is 1. The fraction of sp³-hybridized carbons (Fsp3) is 0.438. The fourth-order valence-corrected chi connectivity index (χ4v) is 6.75. The van der Waals surface area contributed by atoms with E-state index in [9.17, 15) is 14.4 Å². The Balaban J connectivity index is 1.34. The molecule has 224 valence electrons. The van der Waals surface area contributed by atoms with E-state index in [0.717, 1.165) is 47.0 Å². The van der Waals surface area contributed by atoms with Gasteiger partial charge in [-0.05, 0) is 43.5 Å². The number of likely N-dealkylation sites (N-methyl/N-ethyl adjacent to an activating group) is 1. The van der Waals surface area contributed by atoms with Gasteiger partial charge >= 0.3 is 6.01 Å². The zero-order valence-electron chi connectivity index (χ0n) is 24.1. The molecule has 0 spiro atoms. The lowest BCUT2D eigenvalue weighted by atomic mass is 9.94. The third-order valence-electron chi connectivity index (χ3n) is 8.77. The van der Waals surface area contributed by atoms with E-state index in [2.05, 4.69) is 24.6 Å². The van der Waals surface area contributed by atoms with Crippen LogP contribution in [0.2, 0.25) is 5.02 Å². The van der Waals surface area contributed by atoms with Crippen LogP contribution in [0.25, 0.3) is 10.8 Å². The number of fused-ring (bicyclic) bond motifs is 2. The summed E-state index contributed by atoms with van der Waals surface area (Å²) in [7, 11) is 2.10. The molecule has 3 atom stereocenters. The predicted octanol–water partition coefficient (Wildman–Crippen LogP) is 4.98. The first kappa shape index (κ1) is 29.3. The average Bonchev–Trinajstić information content (AvgIpc) is 3.43. The van der Waals surface area contributed by atoms with Crippen LogP contribution in [0.3, 0.4) is 0 Å². The molecule has 0 bridgehead atoms. The van der Waals surface area contributed by atoms with Crippen LogP contribution in [0.4, 0.5) is 10.2 Å². The van der Waals surface area contributed by atoms with Gasteiger partial charge in [0.25, 0.3) is 5.91 Å². The van der Waals surface area contributed by atoms with E-state index in [-0.39, 0.29) is 31.7 Å². The van der Waals surface area contributed by atoms with Crippen LogP contribution in [0.1, 0.15) is 42.2 Å². The fourth-order valence-electron chi connectivity index (χ4n) is 6.46. The van der Waals surface area contributed by atoms with Crippen LogP contribution in [-0.2, 0) is 22.6 Å². The maximum absolute atomic E-state index is 13.8. The van der Waals surface area contributed by atoms with E-state index < -0.39 is 17.8 Å². The lowest BCUT2D eigenvalue weighted by Crippen LogP contribution is -2.55. The topological polar surface area (TPSA) is 94.8 Å². The van der Waals surface area contributed by atoms with Gasteiger partial charge in [0.05, 0.1) is 36.9 Å². The number of carbonyl (C=O) groups is 1. The third-order valence-corrected chi connectivity index (χ3v) is 9.08. The number of carbonyl (C=O) groups excluding carboxylic acids is 1. The minimum atomic E-state index is -1.03. The summed E-state index contributed by atoms with van der Waals surface area (Å²) in [6.45, 7) is 5.89. The van der Waals surface area contributed by atoms with Crippen molar-refractivity contribution in [3.05, 3.63) is 70.6 Å². The highest BCUT2D eigenvalue weighted by Crippen LogP contribution is 2.39. The van der Waals surface area contributed by atoms with Crippen LogP contribution in [-0.4, -0.2) is 77.6 Å². The summed E-state index contributed by atoms with van der Waals surface area (Å²) in [4.78, 5) is 27.9. The quantitative estimate of drug-likeness (QED) is 0.349. The summed E-state index contributed by atoms with van der Waals surface area (Å²) >= 11 is 6.65. The first-order chi connectivity index (χ1) is 20.8. The molecule has 2 saturated heterocycles. The van der Waals surface area contributed by atoms with Crippen molar-refractivity contribution in [2.75, 3.05) is 44.7 Å². The highest BCUT2D eigenvalue weighted by Gasteiger charge is 2.36. The second kappa shape index (κ2) is 12.4. The van der Waals surface area contributed by atoms with Crippen molar-refractivity contribution in [2.45, 2.75) is 50.5 Å². The number of hydrogen-bond acceptors (Lipinski definition) is 8. The van der Waals surface area contributed by atoms with Crippen LogP contribution in [0.15, 0.2) is 48.8 Å². The Morgan fingerprint density at radius 3 is 2.77 bits per heavy atom. The van der Waals surface area contributed by atoms with Crippen LogP contribution in [0, 0.1) is 11.3 Å². The number of amides is 1. The van der Waals surface area contributed by atoms with Gasteiger partial charge in [0, 0.05) is 48.1 Å². The van der Waals surface area contributed by atoms with Gasteiger partial charge in [-0.15, -0.1) is 0 Å². The third kappa shape index (κ3) is 5.90. The van der Waals surface area contributed by atoms with Crippen molar-refractivity contribution >= 4 is 34.1 Å². The molecule has 3 aliphatic rings. The largest absolute Gasteiger partial charge is 0.462 e. The van der Waals surface area contributed by atoms with E-state index in [1.54, 1.807) is 0 Å². The minimum Gasteiger partial charge on any atom is -0.462 e. The number of piperazine rings is 1. The summed E-state index contributed by atoms with van der Waals surface area (Å²) in [5.74, 6) is -1.16. The molecule has 43 heavy (non-hydrogen) atoms. The number of aromatic nitrogens is 2. The van der Waals surface area contributed by atoms with Gasteiger partial charge < -0.3 is 24.2 Å². The Labute approximate surface area is 255 Å². The van der Waals surface area contributed by atoms with E-state index in [0.29, 0.717) is 43.0 Å². The molecule has 0 radical (unpaired) electrons. The number of nitriles is 1. The highest BCUT2D eigenvalue weighted by molar-refractivity contribution is 6.35. The molecular weight excluding hydrogens is 571 g/mol. The molecule has 0 aliphatic carbocycles. The molecule has 11 heteroatoms. The molecule has 0 unspecified atom stereocenters. The van der Waals surface area contributed by atoms with E-state index in [1.165, 1.54) is 4.90 Å². The second-order valence-corrected chi connectivity index (χ2v) is 11.8. The zero-order valence-corrected chi connectivity index (χ0v) is 24.9. The van der Waals surface area contributed by atoms with E-state index in [4.69, 9.17) is 31.0 Å². The Bertz CT molecular complexity index is 1590. The molecule has 6 rings (SSSR count). The lowest BCUT2D eigenvalue weighted by Gasteiger charge is -2.42. The van der Waals surface area contributed by atoms with Crippen molar-refractivity contribution in [3.63, 3.8) is 0 Å². The first-order valence-corrected chi connectivity index (χ1v) is 15.0. The Morgan fingerprint density at radius 2 is 2.02 bits per heavy atom. The Hall–Kier alpha value is -3.78. The molecule has 1 amide bonds. The molecule has 3 aliphatic heterocycles. The van der Waals surface area contributed by atoms with Crippen molar-refractivity contribution in [1.29, 1.82) is 5.26 Å². The normalized spacial score (nSPS) is 22.3. The number of nitrogens with zero attached hydrogens (tertiary/aromatic N) is 6. The number of likely N-dealkylation sites (tertiary alicyclic amines) is 1. The average molecular weight is 605 g/mol. The number of benzene rings is 2. The molecule has 2 aromatic carbocycles. The van der Waals surface area contributed by atoms with E-state index >= 15 is 0 Å². The molecular formula is C32H34ClFN6O3. The molecule has 1 aromatic heterocycles. The van der Waals surface area contributed by atoms with Crippen LogP contribution in [0.5, 0.6) is 6.01 Å². The van der Waals surface area contributed by atoms with Gasteiger partial charge in [0.1, 0.15) is 12.4 Å². The Morgan fingerprint density at radius 1 is 1.21 bits per heavy atom. The smallest absolute Gasteiger partial charge is 0.318 e. The van der Waals surface area contributed by atoms with Crippen molar-refractivity contribution in [1.82, 2.24) is 19.8 Å². The predicted molar refractivity (Wildman–Crippen MR) is 162 cm³/mol. The monoisotopic (exact) mass is 604 g/mol.